The van der Waals surface area contributed by atoms with Crippen molar-refractivity contribution in [3.63, 3.8) is 0 Å². The zero-order valence-corrected chi connectivity index (χ0v) is 18.1. The molecule has 0 radical (unpaired) electrons. The summed E-state index contributed by atoms with van der Waals surface area (Å²) < 4.78 is 18.0. The summed E-state index contributed by atoms with van der Waals surface area (Å²) in [6.45, 7) is 0.805. The van der Waals surface area contributed by atoms with E-state index in [0.717, 1.165) is 47.8 Å². The lowest BCUT2D eigenvalue weighted by Crippen LogP contribution is -2.50. The third-order valence-corrected chi connectivity index (χ3v) is 8.20. The first-order valence-electron chi connectivity index (χ1n) is 12.2. The van der Waals surface area contributed by atoms with E-state index in [9.17, 15) is 4.79 Å². The fourth-order valence-corrected chi connectivity index (χ4v) is 7.08. The van der Waals surface area contributed by atoms with Crippen molar-refractivity contribution in [3.05, 3.63) is 42.0 Å². The molecule has 4 aliphatic carbocycles. The molecule has 164 valence electrons. The van der Waals surface area contributed by atoms with E-state index < -0.39 is 0 Å². The first-order valence-corrected chi connectivity index (χ1v) is 12.2. The molecule has 4 saturated carbocycles. The Bertz CT molecular complexity index is 933. The molecule has 7 rings (SSSR count). The quantitative estimate of drug-likeness (QED) is 0.571. The topological polar surface area (TPSA) is 44.8 Å². The fourth-order valence-electron chi connectivity index (χ4n) is 7.08. The van der Waals surface area contributed by atoms with Crippen LogP contribution in [0.5, 0.6) is 5.75 Å². The van der Waals surface area contributed by atoms with Gasteiger partial charge in [0.25, 0.3) is 0 Å². The molecule has 0 spiro atoms. The molecule has 4 bridgehead atoms. The molecule has 0 aromatic heterocycles. The predicted octanol–water partition coefficient (Wildman–Crippen LogP) is 5.83. The van der Waals surface area contributed by atoms with Gasteiger partial charge in [-0.25, -0.2) is 4.79 Å². The van der Waals surface area contributed by atoms with Crippen molar-refractivity contribution in [1.29, 1.82) is 0 Å². The molecule has 4 heteroatoms. The molecule has 0 amide bonds. The Kier molecular flexibility index (Phi) is 5.14. The van der Waals surface area contributed by atoms with E-state index in [-0.39, 0.29) is 24.8 Å². The maximum absolute atomic E-state index is 12.7. The van der Waals surface area contributed by atoms with Crippen molar-refractivity contribution >= 4 is 16.7 Å². The Labute approximate surface area is 184 Å². The normalized spacial score (nSPS) is 34.1. The minimum atomic E-state index is -0.221. The highest BCUT2D eigenvalue weighted by Gasteiger charge is 2.49. The molecule has 1 unspecified atom stereocenters. The second kappa shape index (κ2) is 8.12. The molecule has 4 nitrogen and oxygen atoms in total. The Hall–Kier alpha value is -2.07. The van der Waals surface area contributed by atoms with Gasteiger partial charge < -0.3 is 14.2 Å². The van der Waals surface area contributed by atoms with Crippen LogP contribution >= 0.6 is 0 Å². The molecule has 2 aromatic carbocycles. The van der Waals surface area contributed by atoms with Crippen molar-refractivity contribution in [2.45, 2.75) is 63.6 Å². The van der Waals surface area contributed by atoms with Crippen LogP contribution in [0.15, 0.2) is 36.4 Å². The zero-order valence-electron chi connectivity index (χ0n) is 18.1. The van der Waals surface area contributed by atoms with Crippen molar-refractivity contribution < 1.29 is 19.0 Å². The van der Waals surface area contributed by atoms with Crippen molar-refractivity contribution in [1.82, 2.24) is 0 Å². The van der Waals surface area contributed by atoms with E-state index in [1.807, 2.05) is 12.1 Å². The summed E-state index contributed by atoms with van der Waals surface area (Å²) in [5.41, 5.74) is 1.22. The maximum Gasteiger partial charge on any atom is 0.344 e. The van der Waals surface area contributed by atoms with Gasteiger partial charge in [-0.15, -0.1) is 0 Å². The molecule has 2 aromatic rings. The van der Waals surface area contributed by atoms with E-state index in [1.54, 1.807) is 0 Å². The highest BCUT2D eigenvalue weighted by molar-refractivity contribution is 5.91. The maximum atomic E-state index is 12.7. The van der Waals surface area contributed by atoms with Gasteiger partial charge >= 0.3 is 5.97 Å². The molecule has 1 aliphatic heterocycles. The van der Waals surface area contributed by atoms with E-state index >= 15 is 0 Å². The third-order valence-electron chi connectivity index (χ3n) is 8.20. The van der Waals surface area contributed by atoms with E-state index in [2.05, 4.69) is 24.3 Å². The molecule has 1 saturated heterocycles. The predicted molar refractivity (Wildman–Crippen MR) is 119 cm³/mol. The lowest BCUT2D eigenvalue weighted by Gasteiger charge is -2.53. The van der Waals surface area contributed by atoms with Crippen LogP contribution in [-0.2, 0) is 14.3 Å². The number of fused-ring (bicyclic) bond motifs is 1. The van der Waals surface area contributed by atoms with Crippen LogP contribution in [0.2, 0.25) is 0 Å². The number of hydrogen-bond acceptors (Lipinski definition) is 4. The average Bonchev–Trinajstić information content (AvgIpc) is 2.80. The van der Waals surface area contributed by atoms with Gasteiger partial charge in [0.15, 0.2) is 6.61 Å². The zero-order chi connectivity index (χ0) is 20.8. The lowest BCUT2D eigenvalue weighted by atomic mass is 9.55. The number of benzene rings is 2. The van der Waals surface area contributed by atoms with Crippen molar-refractivity contribution in [3.8, 4) is 5.75 Å². The number of carbonyl (C=O) groups is 1. The summed E-state index contributed by atoms with van der Waals surface area (Å²) in [5, 5.41) is 2.19. The van der Waals surface area contributed by atoms with Gasteiger partial charge in [-0.2, -0.15) is 0 Å². The molecule has 5 aliphatic rings. The second-order valence-electron chi connectivity index (χ2n) is 10.2. The summed E-state index contributed by atoms with van der Waals surface area (Å²) in [5.74, 6) is 3.45. The van der Waals surface area contributed by atoms with Crippen LogP contribution in [0.4, 0.5) is 0 Å². The molecule has 1 atom stereocenters. The number of carbonyl (C=O) groups excluding carboxylic acids is 1. The van der Waals surface area contributed by atoms with Gasteiger partial charge in [0, 0.05) is 12.0 Å². The van der Waals surface area contributed by atoms with Gasteiger partial charge in [0.1, 0.15) is 11.9 Å². The van der Waals surface area contributed by atoms with E-state index in [4.69, 9.17) is 14.2 Å². The number of esters is 1. The number of ether oxygens (including phenoxy) is 3. The molecule has 1 heterocycles. The minimum absolute atomic E-state index is 0.0218. The second-order valence-corrected chi connectivity index (χ2v) is 10.2. The highest BCUT2D eigenvalue weighted by Crippen LogP contribution is 2.54. The largest absolute Gasteiger partial charge is 0.481 e. The van der Waals surface area contributed by atoms with Crippen molar-refractivity contribution in [2.75, 3.05) is 13.2 Å². The molecule has 31 heavy (non-hydrogen) atoms. The smallest absolute Gasteiger partial charge is 0.344 e. The summed E-state index contributed by atoms with van der Waals surface area (Å²) in [6.07, 6.45) is 10.1. The third kappa shape index (κ3) is 3.73. The van der Waals surface area contributed by atoms with Gasteiger partial charge in [0.05, 0.1) is 6.10 Å². The van der Waals surface area contributed by atoms with E-state index in [0.29, 0.717) is 11.8 Å². The summed E-state index contributed by atoms with van der Waals surface area (Å²) in [4.78, 5) is 12.7. The Morgan fingerprint density at radius 3 is 2.35 bits per heavy atom. The standard InChI is InChI=1S/C27H32O4/c28-26(31-27-19-12-17-11-18(14-19)15-20(27)13-17)16-30-25-9-8-23(24-7-3-4-10-29-24)21-5-1-2-6-22(21)25/h1-2,5-6,8-9,17-20,24,27H,3-4,7,10-16H2. The summed E-state index contributed by atoms with van der Waals surface area (Å²) in [7, 11) is 0. The molecule has 0 N–H and O–H groups in total. The van der Waals surface area contributed by atoms with Crippen LogP contribution in [0, 0.1) is 23.7 Å². The van der Waals surface area contributed by atoms with Crippen LogP contribution in [0.3, 0.4) is 0 Å². The molecule has 5 fully saturated rings. The highest BCUT2D eigenvalue weighted by atomic mass is 16.6. The Balaban J connectivity index is 1.14. The number of hydrogen-bond donors (Lipinski definition) is 0. The van der Waals surface area contributed by atoms with Gasteiger partial charge in [-0.1, -0.05) is 30.3 Å². The first-order chi connectivity index (χ1) is 15.2. The Morgan fingerprint density at radius 1 is 0.903 bits per heavy atom. The van der Waals surface area contributed by atoms with Gasteiger partial charge in [-0.05, 0) is 92.1 Å². The van der Waals surface area contributed by atoms with Crippen LogP contribution in [0.25, 0.3) is 10.8 Å². The van der Waals surface area contributed by atoms with Crippen LogP contribution < -0.4 is 4.74 Å². The first kappa shape index (κ1) is 19.6. The SMILES string of the molecule is O=C(COc1ccc(C2CCCCO2)c2ccccc12)OC1C2CC3CC(C2)CC1C3. The molecular weight excluding hydrogens is 388 g/mol. The number of rotatable bonds is 5. The minimum Gasteiger partial charge on any atom is -0.481 e. The lowest BCUT2D eigenvalue weighted by molar-refractivity contribution is -0.172. The van der Waals surface area contributed by atoms with Gasteiger partial charge in [0.2, 0.25) is 0 Å². The molecular formula is C27H32O4. The average molecular weight is 421 g/mol. The Morgan fingerprint density at radius 2 is 1.65 bits per heavy atom. The fraction of sp³-hybridized carbons (Fsp3) is 0.593. The van der Waals surface area contributed by atoms with Crippen LogP contribution in [0.1, 0.15) is 63.0 Å². The van der Waals surface area contributed by atoms with Crippen LogP contribution in [-0.4, -0.2) is 25.3 Å². The monoisotopic (exact) mass is 420 g/mol. The summed E-state index contributed by atoms with van der Waals surface area (Å²) >= 11 is 0. The van der Waals surface area contributed by atoms with Crippen molar-refractivity contribution in [2.24, 2.45) is 23.7 Å². The van der Waals surface area contributed by atoms with E-state index in [1.165, 1.54) is 44.1 Å². The summed E-state index contributed by atoms with van der Waals surface area (Å²) in [6, 6.07) is 12.4. The van der Waals surface area contributed by atoms with Gasteiger partial charge in [-0.3, -0.25) is 0 Å².